The Morgan fingerprint density at radius 3 is 1.40 bits per heavy atom. The number of hydrogen-bond acceptors (Lipinski definition) is 17. The fourth-order valence-corrected chi connectivity index (χ4v) is 9.17. The molecule has 4 amide bonds. The van der Waals surface area contributed by atoms with Gasteiger partial charge in [0.05, 0.1) is 0 Å². The third kappa shape index (κ3) is 17.4. The molecular weight excluding hydrogens is 1150 g/mol. The van der Waals surface area contributed by atoms with Gasteiger partial charge in [0, 0.05) is 35.4 Å². The number of ether oxygens (including phenoxy) is 4. The minimum Gasteiger partial charge on any atom is -1.00 e. The van der Waals surface area contributed by atoms with Gasteiger partial charge in [0.15, 0.2) is 0 Å². The number of alkyl carbamates (subject to hydrolysis) is 2. The Hall–Kier alpha value is -8.31. The molecule has 0 bridgehead atoms. The number of amides is 4. The zero-order chi connectivity index (χ0) is 61.9. The Morgan fingerprint density at radius 1 is 0.581 bits per heavy atom. The van der Waals surface area contributed by atoms with E-state index < -0.39 is 115 Å². The summed E-state index contributed by atoms with van der Waals surface area (Å²) in [6.45, 7) is 8.49. The van der Waals surface area contributed by atoms with E-state index in [0.717, 1.165) is 59.8 Å². The molecule has 6 aromatic rings. The molecule has 0 atom stereocenters. The van der Waals surface area contributed by atoms with Gasteiger partial charge in [0.25, 0.3) is 22.9 Å². The van der Waals surface area contributed by atoms with Crippen molar-refractivity contribution in [1.29, 1.82) is 0 Å². The molecule has 0 saturated carbocycles. The summed E-state index contributed by atoms with van der Waals surface area (Å²) < 4.78 is 23.4. The van der Waals surface area contributed by atoms with Crippen LogP contribution in [0.3, 0.4) is 0 Å². The number of carboxylic acid groups (broad SMARTS) is 1. The van der Waals surface area contributed by atoms with Crippen molar-refractivity contribution in [2.24, 2.45) is 0 Å². The molecule has 26 nitrogen and oxygen atoms in total. The standard InChI is InChI=1S/C34H40N4O10.C25H24N4O8.K.H/c1-21-16-36(31(43)38(29(21)41)32(44)48-34(5,6)7)17-27(39)37(18-28(40)47-33(2,3)4)46-20-35-30(42)45-19-26-24-14-10-8-12-22(24)23-13-9-11-15-25(23)26;1-15-10-28(24(34)27-23(15)33)11-21(30)29(12-22(31)32)37-14-26-25(35)36-13-20-18-8-4-2-6-16(18)17-7-3-5-9-19(17)20;;/h8-16,26H,17-20H2,1-7H3,(H,35,42);2-10,20H,11-14H2,1H3,(H,26,35)(H,31,32)(H,27,33,34);;/q;;+1;-1. The summed E-state index contributed by atoms with van der Waals surface area (Å²) in [7, 11) is 0. The number of aromatic nitrogens is 4. The van der Waals surface area contributed by atoms with Crippen molar-refractivity contribution < 1.29 is 120 Å². The zero-order valence-electron chi connectivity index (χ0n) is 49.8. The molecule has 27 heteroatoms. The van der Waals surface area contributed by atoms with E-state index in [1.54, 1.807) is 41.5 Å². The molecule has 86 heavy (non-hydrogen) atoms. The van der Waals surface area contributed by atoms with Crippen LogP contribution in [-0.4, -0.2) is 127 Å². The summed E-state index contributed by atoms with van der Waals surface area (Å²) >= 11 is 0. The first-order valence-corrected chi connectivity index (χ1v) is 26.5. The van der Waals surface area contributed by atoms with E-state index in [4.69, 9.17) is 33.7 Å². The molecular formula is C59H65KN8O18. The Kier molecular flexibility index (Phi) is 22.7. The maximum absolute atomic E-state index is 13.4. The normalized spacial score (nSPS) is 12.1. The number of esters is 1. The third-order valence-corrected chi connectivity index (χ3v) is 12.8. The molecule has 2 heterocycles. The number of benzene rings is 4. The van der Waals surface area contributed by atoms with Gasteiger partial charge in [-0.3, -0.25) is 53.5 Å². The molecule has 450 valence electrons. The zero-order valence-corrected chi connectivity index (χ0v) is 52.0. The van der Waals surface area contributed by atoms with Gasteiger partial charge in [-0.2, -0.15) is 4.57 Å². The van der Waals surface area contributed by atoms with Gasteiger partial charge in [0.2, 0.25) is 0 Å². The predicted molar refractivity (Wildman–Crippen MR) is 304 cm³/mol. The van der Waals surface area contributed by atoms with Crippen LogP contribution >= 0.6 is 0 Å². The summed E-state index contributed by atoms with van der Waals surface area (Å²) in [4.78, 5) is 149. The summed E-state index contributed by atoms with van der Waals surface area (Å²) in [5, 5.41) is 14.9. The monoisotopic (exact) mass is 1210 g/mol. The fourth-order valence-electron chi connectivity index (χ4n) is 9.17. The topological polar surface area (TPSA) is 324 Å². The maximum Gasteiger partial charge on any atom is 1.00 e. The summed E-state index contributed by atoms with van der Waals surface area (Å²) in [5.41, 5.74) is 3.22. The number of carbonyl (C=O) groups is 7. The van der Waals surface area contributed by atoms with E-state index in [2.05, 4.69) is 15.6 Å². The van der Waals surface area contributed by atoms with Crippen LogP contribution in [0.4, 0.5) is 14.4 Å². The molecule has 0 fully saturated rings. The van der Waals surface area contributed by atoms with Crippen molar-refractivity contribution in [3.05, 3.63) is 185 Å². The minimum atomic E-state index is -1.38. The van der Waals surface area contributed by atoms with Crippen LogP contribution in [0.5, 0.6) is 0 Å². The SMILES string of the molecule is Cc1cn(CC(=O)N(CC(=O)O)OCNC(=O)OCC2c3ccccc3-c3ccccc32)c(=O)[nH]c1=O.Cc1cn(CC(=O)N(CC(=O)OC(C)(C)C)OCNC(=O)OCC2c3ccccc3-c3ccccc32)c(=O)n(C(=O)OC(C)(C)C)c1=O.[H-].[K+]. The Morgan fingerprint density at radius 2 is 0.977 bits per heavy atom. The molecule has 4 aromatic carbocycles. The van der Waals surface area contributed by atoms with Crippen molar-refractivity contribution >= 4 is 42.0 Å². The van der Waals surface area contributed by atoms with Crippen LogP contribution in [0.2, 0.25) is 0 Å². The van der Waals surface area contributed by atoms with Crippen LogP contribution < -0.4 is 84.5 Å². The Labute approximate surface area is 535 Å². The van der Waals surface area contributed by atoms with Gasteiger partial charge in [-0.25, -0.2) is 43.8 Å². The number of aromatic amines is 1. The van der Waals surface area contributed by atoms with E-state index in [1.165, 1.54) is 20.0 Å². The molecule has 0 unspecified atom stereocenters. The number of H-pyrrole nitrogens is 1. The molecule has 0 aliphatic heterocycles. The molecule has 8 rings (SSSR count). The maximum atomic E-state index is 13.4. The Bertz CT molecular complexity index is 3700. The van der Waals surface area contributed by atoms with E-state index in [0.29, 0.717) is 10.1 Å². The second-order valence-electron chi connectivity index (χ2n) is 21.4. The van der Waals surface area contributed by atoms with Crippen molar-refractivity contribution in [3.8, 4) is 22.3 Å². The largest absolute Gasteiger partial charge is 1.00 e. The van der Waals surface area contributed by atoms with Crippen molar-refractivity contribution in [1.82, 2.24) is 39.4 Å². The number of hydroxylamine groups is 4. The van der Waals surface area contributed by atoms with E-state index in [1.807, 2.05) is 97.1 Å². The van der Waals surface area contributed by atoms with Gasteiger partial charge in [-0.05, 0) is 99.9 Å². The van der Waals surface area contributed by atoms with Crippen LogP contribution in [0.1, 0.15) is 88.2 Å². The van der Waals surface area contributed by atoms with Gasteiger partial charge in [0.1, 0.15) is 64.1 Å². The third-order valence-electron chi connectivity index (χ3n) is 12.8. The van der Waals surface area contributed by atoms with Gasteiger partial charge in [-0.1, -0.05) is 97.1 Å². The number of nitrogens with zero attached hydrogens (tertiary/aromatic N) is 5. The smallest absolute Gasteiger partial charge is 1.00 e. The predicted octanol–water partition coefficient (Wildman–Crippen LogP) is 2.00. The van der Waals surface area contributed by atoms with E-state index in [-0.39, 0.29) is 93.6 Å². The van der Waals surface area contributed by atoms with Crippen LogP contribution in [0.15, 0.2) is 129 Å². The molecule has 0 saturated heterocycles. The van der Waals surface area contributed by atoms with Gasteiger partial charge >= 0.3 is 93.0 Å². The van der Waals surface area contributed by atoms with Crippen LogP contribution in [0, 0.1) is 13.8 Å². The Balaban J connectivity index is 0.000000320. The molecule has 2 aliphatic rings. The van der Waals surface area contributed by atoms with Gasteiger partial charge < -0.3 is 25.5 Å². The number of nitrogens with one attached hydrogen (secondary N) is 3. The molecule has 2 aliphatic carbocycles. The number of carbonyl (C=O) groups excluding carboxylic acids is 6. The summed E-state index contributed by atoms with van der Waals surface area (Å²) in [5.74, 6) is -4.35. The quantitative estimate of drug-likeness (QED) is 0.0314. The number of aryl methyl sites for hydroxylation is 2. The van der Waals surface area contributed by atoms with Crippen LogP contribution in [-0.2, 0) is 60.9 Å². The minimum absolute atomic E-state index is 0. The number of carboxylic acids is 1. The number of fused-ring (bicyclic) bond motifs is 6. The molecule has 2 aromatic heterocycles. The molecule has 4 N–H and O–H groups in total. The molecule has 0 radical (unpaired) electrons. The summed E-state index contributed by atoms with van der Waals surface area (Å²) in [6, 6.07) is 31.4. The summed E-state index contributed by atoms with van der Waals surface area (Å²) in [6.07, 6.45) is -0.594. The molecule has 0 spiro atoms. The fraction of sp³-hybridized carbons (Fsp3) is 0.339. The number of aliphatic carboxylic acids is 1. The van der Waals surface area contributed by atoms with Crippen molar-refractivity contribution in [2.75, 3.05) is 39.8 Å². The number of rotatable bonds is 18. The second kappa shape index (κ2) is 29.2. The first kappa shape index (κ1) is 66.8. The average Bonchev–Trinajstić information content (AvgIpc) is 1.70. The van der Waals surface area contributed by atoms with Gasteiger partial charge in [-0.15, -0.1) is 0 Å². The second-order valence-corrected chi connectivity index (χ2v) is 21.4. The van der Waals surface area contributed by atoms with Crippen LogP contribution in [0.25, 0.3) is 22.3 Å². The van der Waals surface area contributed by atoms with E-state index >= 15 is 0 Å². The average molecular weight is 1210 g/mol. The van der Waals surface area contributed by atoms with Crippen molar-refractivity contribution in [2.45, 2.75) is 91.5 Å². The van der Waals surface area contributed by atoms with Crippen molar-refractivity contribution in [3.63, 3.8) is 0 Å². The first-order chi connectivity index (χ1) is 40.2. The van der Waals surface area contributed by atoms with E-state index in [9.17, 15) is 52.7 Å². The first-order valence-electron chi connectivity index (χ1n) is 26.5. The number of hydrogen-bond donors (Lipinski definition) is 4.